The molecule has 2 heteroatoms. The average Bonchev–Trinajstić information content (AvgIpc) is 2.86. The van der Waals surface area contributed by atoms with Gasteiger partial charge in [-0.25, -0.2) is 0 Å². The maximum Gasteiger partial charge on any atom is 0.123 e. The molecule has 0 spiro atoms. The lowest BCUT2D eigenvalue weighted by Crippen LogP contribution is -2.30. The van der Waals surface area contributed by atoms with Gasteiger partial charge in [0.15, 0.2) is 0 Å². The van der Waals surface area contributed by atoms with Crippen LogP contribution in [0.1, 0.15) is 63.5 Å². The van der Waals surface area contributed by atoms with Gasteiger partial charge in [0.1, 0.15) is 11.9 Å². The molecule has 2 unspecified atom stereocenters. The van der Waals surface area contributed by atoms with Crippen molar-refractivity contribution in [3.8, 4) is 5.75 Å². The molecule has 21 heavy (non-hydrogen) atoms. The van der Waals surface area contributed by atoms with E-state index >= 15 is 0 Å². The van der Waals surface area contributed by atoms with E-state index in [1.165, 1.54) is 49.7 Å². The summed E-state index contributed by atoms with van der Waals surface area (Å²) in [7, 11) is 0. The summed E-state index contributed by atoms with van der Waals surface area (Å²) < 4.78 is 6.06. The van der Waals surface area contributed by atoms with E-state index in [2.05, 4.69) is 44.3 Å². The van der Waals surface area contributed by atoms with E-state index in [1.807, 2.05) is 0 Å². The van der Waals surface area contributed by atoms with E-state index in [4.69, 9.17) is 4.74 Å². The maximum atomic E-state index is 6.06. The van der Waals surface area contributed by atoms with Crippen molar-refractivity contribution in [3.63, 3.8) is 0 Å². The van der Waals surface area contributed by atoms with Crippen molar-refractivity contribution in [1.29, 1.82) is 0 Å². The van der Waals surface area contributed by atoms with Gasteiger partial charge in [-0.1, -0.05) is 38.0 Å². The van der Waals surface area contributed by atoms with Crippen LogP contribution < -0.4 is 10.1 Å². The number of rotatable bonds is 9. The highest BCUT2D eigenvalue weighted by atomic mass is 16.5. The van der Waals surface area contributed by atoms with Crippen LogP contribution in [0.25, 0.3) is 0 Å². The highest BCUT2D eigenvalue weighted by Gasteiger charge is 2.22. The first-order valence-corrected chi connectivity index (χ1v) is 8.72. The number of fused-ring (bicyclic) bond motifs is 1. The Morgan fingerprint density at radius 1 is 1.24 bits per heavy atom. The molecule has 1 N–H and O–H groups in total. The molecule has 0 fully saturated rings. The van der Waals surface area contributed by atoms with Gasteiger partial charge in [0.25, 0.3) is 0 Å². The second-order valence-corrected chi connectivity index (χ2v) is 6.43. The van der Waals surface area contributed by atoms with Crippen LogP contribution in [0.5, 0.6) is 5.75 Å². The van der Waals surface area contributed by atoms with Gasteiger partial charge in [0.2, 0.25) is 0 Å². The van der Waals surface area contributed by atoms with E-state index in [1.54, 1.807) is 0 Å². The van der Waals surface area contributed by atoms with Crippen LogP contribution in [0, 0.1) is 6.92 Å². The summed E-state index contributed by atoms with van der Waals surface area (Å²) in [5.41, 5.74) is 2.74. The lowest BCUT2D eigenvalue weighted by molar-refractivity contribution is 0.214. The molecule has 0 bridgehead atoms. The standard InChI is InChI=1S/C19H31NO/c1-4-7-17(20-12-5-2)8-6-9-18-14-16-13-15(3)10-11-19(16)21-18/h10-11,13,17-18,20H,4-9,12,14H2,1-3H3. The van der Waals surface area contributed by atoms with Gasteiger partial charge in [-0.3, -0.25) is 0 Å². The Morgan fingerprint density at radius 3 is 2.86 bits per heavy atom. The number of ether oxygens (including phenoxy) is 1. The molecule has 0 amide bonds. The van der Waals surface area contributed by atoms with Gasteiger partial charge < -0.3 is 10.1 Å². The number of benzene rings is 1. The van der Waals surface area contributed by atoms with Crippen LogP contribution in [0.2, 0.25) is 0 Å². The van der Waals surface area contributed by atoms with E-state index in [9.17, 15) is 0 Å². The first kappa shape index (κ1) is 16.4. The Balaban J connectivity index is 1.72. The molecule has 1 aromatic carbocycles. The SMILES string of the molecule is CCCNC(CCC)CCCC1Cc2cc(C)ccc2O1. The molecular formula is C19H31NO. The summed E-state index contributed by atoms with van der Waals surface area (Å²) in [6.07, 6.45) is 9.01. The minimum Gasteiger partial charge on any atom is -0.490 e. The van der Waals surface area contributed by atoms with Crippen molar-refractivity contribution in [3.05, 3.63) is 29.3 Å². The molecule has 2 nitrogen and oxygen atoms in total. The molecule has 0 saturated heterocycles. The zero-order valence-electron chi connectivity index (χ0n) is 14.0. The summed E-state index contributed by atoms with van der Waals surface area (Å²) in [4.78, 5) is 0. The normalized spacial score (nSPS) is 18.3. The van der Waals surface area contributed by atoms with E-state index in [0.29, 0.717) is 12.1 Å². The molecule has 118 valence electrons. The second kappa shape index (κ2) is 8.43. The number of nitrogens with one attached hydrogen (secondary N) is 1. The second-order valence-electron chi connectivity index (χ2n) is 6.43. The number of aryl methyl sites for hydroxylation is 1. The van der Waals surface area contributed by atoms with Crippen molar-refractivity contribution in [2.75, 3.05) is 6.54 Å². The van der Waals surface area contributed by atoms with Gasteiger partial charge in [-0.15, -0.1) is 0 Å². The molecule has 0 aromatic heterocycles. The Hall–Kier alpha value is -1.02. The van der Waals surface area contributed by atoms with Crippen LogP contribution in [0.15, 0.2) is 18.2 Å². The van der Waals surface area contributed by atoms with Crippen LogP contribution in [-0.2, 0) is 6.42 Å². The van der Waals surface area contributed by atoms with Crippen molar-refractivity contribution in [1.82, 2.24) is 5.32 Å². The highest BCUT2D eigenvalue weighted by Crippen LogP contribution is 2.31. The van der Waals surface area contributed by atoms with E-state index in [-0.39, 0.29) is 0 Å². The summed E-state index contributed by atoms with van der Waals surface area (Å²) in [5, 5.41) is 3.68. The summed E-state index contributed by atoms with van der Waals surface area (Å²) in [5.74, 6) is 1.11. The molecule has 2 atom stereocenters. The molecule has 1 aliphatic rings. The average molecular weight is 289 g/mol. The van der Waals surface area contributed by atoms with Gasteiger partial charge >= 0.3 is 0 Å². The summed E-state index contributed by atoms with van der Waals surface area (Å²) in [6.45, 7) is 7.82. The fraction of sp³-hybridized carbons (Fsp3) is 0.684. The smallest absolute Gasteiger partial charge is 0.123 e. The number of hydrogen-bond acceptors (Lipinski definition) is 2. The number of hydrogen-bond donors (Lipinski definition) is 1. The van der Waals surface area contributed by atoms with Crippen molar-refractivity contribution in [2.24, 2.45) is 0 Å². The third-order valence-electron chi connectivity index (χ3n) is 4.36. The molecule has 0 aliphatic carbocycles. The van der Waals surface area contributed by atoms with Gasteiger partial charge in [0.05, 0.1) is 0 Å². The van der Waals surface area contributed by atoms with Gasteiger partial charge in [0, 0.05) is 12.5 Å². The van der Waals surface area contributed by atoms with Crippen molar-refractivity contribution in [2.45, 2.75) is 77.9 Å². The summed E-state index contributed by atoms with van der Waals surface area (Å²) in [6, 6.07) is 7.25. The molecule has 0 saturated carbocycles. The lowest BCUT2D eigenvalue weighted by Gasteiger charge is -2.18. The molecular weight excluding hydrogens is 258 g/mol. The van der Waals surface area contributed by atoms with Crippen LogP contribution in [-0.4, -0.2) is 18.7 Å². The quantitative estimate of drug-likeness (QED) is 0.715. The van der Waals surface area contributed by atoms with E-state index in [0.717, 1.165) is 18.7 Å². The Labute approximate surface area is 130 Å². The lowest BCUT2D eigenvalue weighted by atomic mass is 10.0. The first-order chi connectivity index (χ1) is 10.2. The largest absolute Gasteiger partial charge is 0.490 e. The molecule has 1 aromatic rings. The molecule has 0 radical (unpaired) electrons. The third-order valence-corrected chi connectivity index (χ3v) is 4.36. The maximum absolute atomic E-state index is 6.06. The van der Waals surface area contributed by atoms with Crippen LogP contribution in [0.4, 0.5) is 0 Å². The highest BCUT2D eigenvalue weighted by molar-refractivity contribution is 5.40. The fourth-order valence-electron chi connectivity index (χ4n) is 3.25. The minimum atomic E-state index is 0.398. The molecule has 2 rings (SSSR count). The predicted octanol–water partition coefficient (Wildman–Crippen LogP) is 4.64. The van der Waals surface area contributed by atoms with E-state index < -0.39 is 0 Å². The molecule has 1 heterocycles. The molecule has 1 aliphatic heterocycles. The Kier molecular flexibility index (Phi) is 6.56. The zero-order valence-corrected chi connectivity index (χ0v) is 14.0. The summed E-state index contributed by atoms with van der Waals surface area (Å²) >= 11 is 0. The Bertz CT molecular complexity index is 430. The fourth-order valence-corrected chi connectivity index (χ4v) is 3.25. The first-order valence-electron chi connectivity index (χ1n) is 8.72. The minimum absolute atomic E-state index is 0.398. The Morgan fingerprint density at radius 2 is 2.10 bits per heavy atom. The predicted molar refractivity (Wildman–Crippen MR) is 90.1 cm³/mol. The third kappa shape index (κ3) is 5.03. The zero-order chi connectivity index (χ0) is 15.1. The van der Waals surface area contributed by atoms with Crippen molar-refractivity contribution < 1.29 is 4.74 Å². The van der Waals surface area contributed by atoms with Crippen molar-refractivity contribution >= 4 is 0 Å². The topological polar surface area (TPSA) is 21.3 Å². The monoisotopic (exact) mass is 289 g/mol. The van der Waals surface area contributed by atoms with Crippen LogP contribution in [0.3, 0.4) is 0 Å². The van der Waals surface area contributed by atoms with Gasteiger partial charge in [-0.2, -0.15) is 0 Å². The van der Waals surface area contributed by atoms with Gasteiger partial charge in [-0.05, 0) is 57.2 Å². The van der Waals surface area contributed by atoms with Crippen LogP contribution >= 0.6 is 0 Å².